The summed E-state index contributed by atoms with van der Waals surface area (Å²) in [6.07, 6.45) is 0. The maximum absolute atomic E-state index is 12.7. The fourth-order valence-electron chi connectivity index (χ4n) is 3.05. The molecular formula is C22H14F3NO2S. The molecule has 0 fully saturated rings. The molecule has 0 amide bonds. The van der Waals surface area contributed by atoms with E-state index in [9.17, 15) is 18.0 Å². The summed E-state index contributed by atoms with van der Waals surface area (Å²) in [7, 11) is 0. The molecule has 0 bridgehead atoms. The maximum Gasteiger partial charge on any atom is 0.446 e. The van der Waals surface area contributed by atoms with E-state index in [4.69, 9.17) is 4.42 Å². The fraction of sp³-hybridized carbons (Fsp3) is 0.0455. The van der Waals surface area contributed by atoms with Gasteiger partial charge in [-0.05, 0) is 36.0 Å². The Kier molecular flexibility index (Phi) is 5.07. The second kappa shape index (κ2) is 7.67. The second-order valence-corrected chi connectivity index (χ2v) is 7.29. The smallest absolute Gasteiger partial charge is 0.407 e. The van der Waals surface area contributed by atoms with Gasteiger partial charge in [-0.2, -0.15) is 13.2 Å². The van der Waals surface area contributed by atoms with Gasteiger partial charge in [0.15, 0.2) is 5.76 Å². The van der Waals surface area contributed by atoms with Crippen molar-refractivity contribution in [1.82, 2.24) is 4.57 Å². The van der Waals surface area contributed by atoms with Crippen LogP contribution in [0.15, 0.2) is 99.0 Å². The summed E-state index contributed by atoms with van der Waals surface area (Å²) in [6.45, 7) is 0. The van der Waals surface area contributed by atoms with Gasteiger partial charge in [0.25, 0.3) is 0 Å². The largest absolute Gasteiger partial charge is 0.446 e. The first-order valence-corrected chi connectivity index (χ1v) is 9.47. The molecule has 0 unspecified atom stereocenters. The minimum absolute atomic E-state index is 0.0438. The number of halogens is 3. The predicted molar refractivity (Wildman–Crippen MR) is 107 cm³/mol. The van der Waals surface area contributed by atoms with Crippen LogP contribution in [0.4, 0.5) is 13.2 Å². The first kappa shape index (κ1) is 19.1. The highest BCUT2D eigenvalue weighted by atomic mass is 32.2. The van der Waals surface area contributed by atoms with E-state index >= 15 is 0 Å². The molecule has 146 valence electrons. The summed E-state index contributed by atoms with van der Waals surface area (Å²) in [4.78, 5) is 12.8. The molecule has 0 N–H and O–H groups in total. The Bertz CT molecular complexity index is 1160. The highest BCUT2D eigenvalue weighted by Gasteiger charge is 2.29. The molecular weight excluding hydrogens is 399 g/mol. The molecule has 1 aromatic heterocycles. The Morgan fingerprint density at radius 2 is 1.31 bits per heavy atom. The van der Waals surface area contributed by atoms with Crippen molar-refractivity contribution < 1.29 is 17.6 Å². The number of thioether (sulfide) groups is 1. The van der Waals surface area contributed by atoms with Crippen LogP contribution >= 0.6 is 11.8 Å². The highest BCUT2D eigenvalue weighted by molar-refractivity contribution is 8.00. The van der Waals surface area contributed by atoms with E-state index in [1.807, 2.05) is 60.7 Å². The molecule has 4 aromatic rings. The molecule has 7 heteroatoms. The zero-order valence-corrected chi connectivity index (χ0v) is 15.7. The normalized spacial score (nSPS) is 11.6. The van der Waals surface area contributed by atoms with Gasteiger partial charge in [-0.1, -0.05) is 60.7 Å². The van der Waals surface area contributed by atoms with Crippen molar-refractivity contribution in [3.05, 3.63) is 95.5 Å². The first-order chi connectivity index (χ1) is 13.9. The average molecular weight is 413 g/mol. The van der Waals surface area contributed by atoms with Gasteiger partial charge in [-0.25, -0.2) is 9.36 Å². The second-order valence-electron chi connectivity index (χ2n) is 6.15. The summed E-state index contributed by atoms with van der Waals surface area (Å²) in [5.74, 6) is -0.213. The van der Waals surface area contributed by atoms with Crippen molar-refractivity contribution in [3.63, 3.8) is 0 Å². The van der Waals surface area contributed by atoms with Gasteiger partial charge < -0.3 is 4.42 Å². The van der Waals surface area contributed by atoms with Crippen LogP contribution < -0.4 is 5.76 Å². The number of hydrogen-bond donors (Lipinski definition) is 0. The highest BCUT2D eigenvalue weighted by Crippen LogP contribution is 2.38. The van der Waals surface area contributed by atoms with E-state index in [-0.39, 0.29) is 16.7 Å². The number of oxazole rings is 1. The number of nitrogens with zero attached hydrogens (tertiary/aromatic N) is 1. The Morgan fingerprint density at radius 1 is 0.759 bits per heavy atom. The number of aromatic nitrogens is 1. The Labute approximate surface area is 168 Å². The van der Waals surface area contributed by atoms with Crippen LogP contribution in [-0.4, -0.2) is 10.1 Å². The third-order valence-corrected chi connectivity index (χ3v) is 4.96. The fourth-order valence-corrected chi connectivity index (χ4v) is 3.59. The zero-order valence-electron chi connectivity index (χ0n) is 14.9. The van der Waals surface area contributed by atoms with Gasteiger partial charge in [0, 0.05) is 16.0 Å². The maximum atomic E-state index is 12.7. The van der Waals surface area contributed by atoms with Crippen molar-refractivity contribution in [2.24, 2.45) is 0 Å². The molecule has 3 nitrogen and oxygen atoms in total. The van der Waals surface area contributed by atoms with Crippen molar-refractivity contribution in [2.75, 3.05) is 0 Å². The summed E-state index contributed by atoms with van der Waals surface area (Å²) in [5, 5.41) is 0. The molecule has 0 aliphatic rings. The molecule has 0 aliphatic heterocycles. The van der Waals surface area contributed by atoms with Crippen molar-refractivity contribution in [2.45, 2.75) is 10.4 Å². The lowest BCUT2D eigenvalue weighted by molar-refractivity contribution is -0.0328. The van der Waals surface area contributed by atoms with E-state index in [1.165, 1.54) is 28.8 Å². The van der Waals surface area contributed by atoms with Crippen molar-refractivity contribution >= 4 is 11.8 Å². The number of rotatable bonds is 4. The van der Waals surface area contributed by atoms with E-state index < -0.39 is 11.3 Å². The van der Waals surface area contributed by atoms with E-state index in [1.54, 1.807) is 0 Å². The summed E-state index contributed by atoms with van der Waals surface area (Å²) >= 11 is -0.199. The molecule has 0 saturated heterocycles. The SMILES string of the molecule is O=c1oc(-c2ccccc2)c(-c2ccccc2)n1-c1ccc(SC(F)(F)F)cc1. The van der Waals surface area contributed by atoms with Gasteiger partial charge >= 0.3 is 11.3 Å². The third kappa shape index (κ3) is 4.14. The molecule has 3 aromatic carbocycles. The first-order valence-electron chi connectivity index (χ1n) is 8.65. The average Bonchev–Trinajstić information content (AvgIpc) is 3.06. The van der Waals surface area contributed by atoms with Crippen molar-refractivity contribution in [3.8, 4) is 28.3 Å². The van der Waals surface area contributed by atoms with E-state index in [0.717, 1.165) is 11.1 Å². The van der Waals surface area contributed by atoms with Gasteiger partial charge in [0.05, 0.1) is 5.69 Å². The minimum atomic E-state index is -4.37. The summed E-state index contributed by atoms with van der Waals surface area (Å²) < 4.78 is 44.7. The number of alkyl halides is 3. The molecule has 0 radical (unpaired) electrons. The van der Waals surface area contributed by atoms with Crippen molar-refractivity contribution in [1.29, 1.82) is 0 Å². The van der Waals surface area contributed by atoms with Gasteiger partial charge in [0.1, 0.15) is 5.69 Å². The molecule has 0 spiro atoms. The van der Waals surface area contributed by atoms with Crippen LogP contribution in [0.25, 0.3) is 28.3 Å². The Hall–Kier alpha value is -3.19. The van der Waals surface area contributed by atoms with Crippen LogP contribution in [0.3, 0.4) is 0 Å². The van der Waals surface area contributed by atoms with Crippen LogP contribution in [-0.2, 0) is 0 Å². The molecule has 1 heterocycles. The van der Waals surface area contributed by atoms with Crippen LogP contribution in [0.2, 0.25) is 0 Å². The quantitative estimate of drug-likeness (QED) is 0.364. The molecule has 0 saturated carbocycles. The topological polar surface area (TPSA) is 35.1 Å². The standard InChI is InChI=1S/C22H14F3NO2S/c23-22(24,25)29-18-13-11-17(12-14-18)26-19(15-7-3-1-4-8-15)20(28-21(26)27)16-9-5-2-6-10-16/h1-14H. The molecule has 4 rings (SSSR count). The summed E-state index contributed by atoms with van der Waals surface area (Å²) in [6, 6.07) is 24.1. The monoisotopic (exact) mass is 413 g/mol. The molecule has 0 atom stereocenters. The Morgan fingerprint density at radius 3 is 1.86 bits per heavy atom. The minimum Gasteiger partial charge on any atom is -0.407 e. The Balaban J connectivity index is 1.88. The molecule has 0 aliphatic carbocycles. The predicted octanol–water partition coefficient (Wildman–Crippen LogP) is 6.38. The third-order valence-electron chi connectivity index (χ3n) is 4.22. The van der Waals surface area contributed by atoms with E-state index in [2.05, 4.69) is 0 Å². The van der Waals surface area contributed by atoms with Gasteiger partial charge in [0.2, 0.25) is 0 Å². The van der Waals surface area contributed by atoms with Gasteiger partial charge in [-0.3, -0.25) is 0 Å². The zero-order chi connectivity index (χ0) is 20.4. The number of hydrogen-bond acceptors (Lipinski definition) is 3. The lowest BCUT2D eigenvalue weighted by Gasteiger charge is -2.10. The van der Waals surface area contributed by atoms with Crippen LogP contribution in [0, 0.1) is 0 Å². The van der Waals surface area contributed by atoms with E-state index in [0.29, 0.717) is 17.1 Å². The lowest BCUT2D eigenvalue weighted by atomic mass is 10.1. The molecule has 29 heavy (non-hydrogen) atoms. The number of benzene rings is 3. The van der Waals surface area contributed by atoms with Crippen LogP contribution in [0.1, 0.15) is 0 Å². The van der Waals surface area contributed by atoms with Crippen LogP contribution in [0.5, 0.6) is 0 Å². The van der Waals surface area contributed by atoms with Gasteiger partial charge in [-0.15, -0.1) is 0 Å². The summed E-state index contributed by atoms with van der Waals surface area (Å²) in [5.41, 5.74) is -1.93. The lowest BCUT2D eigenvalue weighted by Crippen LogP contribution is -2.13.